The molecule has 0 saturated heterocycles. The molecule has 0 amide bonds. The highest BCUT2D eigenvalue weighted by Gasteiger charge is 2.30. The number of nitrogens with two attached hydrogens (primary N) is 1. The molecule has 0 bridgehead atoms. The quantitative estimate of drug-likeness (QED) is 0.820. The van der Waals surface area contributed by atoms with E-state index in [0.717, 1.165) is 30.3 Å². The van der Waals surface area contributed by atoms with Gasteiger partial charge in [0.1, 0.15) is 11.6 Å². The maximum Gasteiger partial charge on any atom is 0.416 e. The molecule has 0 heterocycles. The molecule has 0 aliphatic carbocycles. The maximum atomic E-state index is 14.0. The van der Waals surface area contributed by atoms with Crippen molar-refractivity contribution in [3.05, 3.63) is 70.3 Å². The van der Waals surface area contributed by atoms with Crippen LogP contribution in [0.25, 0.3) is 0 Å². The molecule has 2 rings (SSSR count). The topological polar surface area (TPSA) is 26.0 Å². The van der Waals surface area contributed by atoms with Crippen molar-refractivity contribution in [3.63, 3.8) is 0 Å². The Balaban J connectivity index is 2.41. The first-order valence-electron chi connectivity index (χ1n) is 6.09. The largest absolute Gasteiger partial charge is 0.416 e. The summed E-state index contributed by atoms with van der Waals surface area (Å²) in [6.07, 6.45) is -4.47. The third kappa shape index (κ3) is 3.05. The summed E-state index contributed by atoms with van der Waals surface area (Å²) in [5.41, 5.74) is 5.01. The highest BCUT2D eigenvalue weighted by Crippen LogP contribution is 2.31. The first kappa shape index (κ1) is 15.4. The number of hydrogen-bond donors (Lipinski definition) is 1. The minimum absolute atomic E-state index is 0.200. The van der Waals surface area contributed by atoms with Gasteiger partial charge >= 0.3 is 6.18 Å². The lowest BCUT2D eigenvalue weighted by atomic mass is 9.96. The van der Waals surface area contributed by atoms with Gasteiger partial charge in [-0.3, -0.25) is 0 Å². The zero-order valence-electron chi connectivity index (χ0n) is 11.0. The molecule has 6 heteroatoms. The Hall–Kier alpha value is -1.95. The van der Waals surface area contributed by atoms with Gasteiger partial charge in [-0.25, -0.2) is 8.78 Å². The Morgan fingerprint density at radius 3 is 2.05 bits per heavy atom. The molecule has 0 spiro atoms. The molecule has 112 valence electrons. The second-order valence-corrected chi connectivity index (χ2v) is 4.69. The summed E-state index contributed by atoms with van der Waals surface area (Å²) < 4.78 is 65.1. The highest BCUT2D eigenvalue weighted by atomic mass is 19.4. The zero-order valence-corrected chi connectivity index (χ0v) is 11.0. The van der Waals surface area contributed by atoms with Crippen LogP contribution in [-0.4, -0.2) is 0 Å². The van der Waals surface area contributed by atoms with Gasteiger partial charge in [0.05, 0.1) is 11.6 Å². The summed E-state index contributed by atoms with van der Waals surface area (Å²) in [7, 11) is 0. The molecular weight excluding hydrogens is 289 g/mol. The van der Waals surface area contributed by atoms with Gasteiger partial charge in [-0.15, -0.1) is 0 Å². The Bertz CT molecular complexity index is 646. The molecule has 0 aromatic heterocycles. The van der Waals surface area contributed by atoms with E-state index in [2.05, 4.69) is 0 Å². The van der Waals surface area contributed by atoms with Crippen LogP contribution in [0.3, 0.4) is 0 Å². The molecule has 2 N–H and O–H groups in total. The van der Waals surface area contributed by atoms with Crippen LogP contribution < -0.4 is 5.73 Å². The molecular formula is C15H12F5N. The predicted molar refractivity (Wildman–Crippen MR) is 68.6 cm³/mol. The molecule has 0 aliphatic heterocycles. The maximum absolute atomic E-state index is 14.0. The van der Waals surface area contributed by atoms with Crippen LogP contribution in [0, 0.1) is 18.6 Å². The molecule has 1 nitrogen and oxygen atoms in total. The van der Waals surface area contributed by atoms with E-state index in [9.17, 15) is 22.0 Å². The van der Waals surface area contributed by atoms with E-state index >= 15 is 0 Å². The van der Waals surface area contributed by atoms with Crippen molar-refractivity contribution in [1.29, 1.82) is 0 Å². The summed E-state index contributed by atoms with van der Waals surface area (Å²) in [5.74, 6) is -1.62. The van der Waals surface area contributed by atoms with Crippen molar-refractivity contribution in [3.8, 4) is 0 Å². The van der Waals surface area contributed by atoms with E-state index in [4.69, 9.17) is 5.73 Å². The summed E-state index contributed by atoms with van der Waals surface area (Å²) >= 11 is 0. The second kappa shape index (κ2) is 5.44. The molecule has 21 heavy (non-hydrogen) atoms. The highest BCUT2D eigenvalue weighted by molar-refractivity contribution is 5.37. The Morgan fingerprint density at radius 1 is 0.952 bits per heavy atom. The van der Waals surface area contributed by atoms with E-state index in [1.54, 1.807) is 0 Å². The Kier molecular flexibility index (Phi) is 4.00. The average Bonchev–Trinajstić information content (AvgIpc) is 2.42. The van der Waals surface area contributed by atoms with Crippen LogP contribution in [0.15, 0.2) is 36.4 Å². The smallest absolute Gasteiger partial charge is 0.320 e. The summed E-state index contributed by atoms with van der Waals surface area (Å²) in [5, 5.41) is 0. The molecule has 0 radical (unpaired) electrons. The van der Waals surface area contributed by atoms with E-state index in [1.165, 1.54) is 13.0 Å². The van der Waals surface area contributed by atoms with Crippen LogP contribution in [0.2, 0.25) is 0 Å². The third-order valence-corrected chi connectivity index (χ3v) is 3.23. The van der Waals surface area contributed by atoms with Gasteiger partial charge in [-0.05, 0) is 36.2 Å². The van der Waals surface area contributed by atoms with Crippen molar-refractivity contribution in [2.45, 2.75) is 19.1 Å². The first-order chi connectivity index (χ1) is 9.71. The number of aryl methyl sites for hydroxylation is 1. The van der Waals surface area contributed by atoms with Crippen LogP contribution in [0.4, 0.5) is 22.0 Å². The first-order valence-corrected chi connectivity index (χ1v) is 6.09. The van der Waals surface area contributed by atoms with Crippen LogP contribution in [0.5, 0.6) is 0 Å². The van der Waals surface area contributed by atoms with Crippen molar-refractivity contribution in [1.82, 2.24) is 0 Å². The molecule has 0 aliphatic rings. The molecule has 0 saturated carbocycles. The van der Waals surface area contributed by atoms with Gasteiger partial charge in [-0.2, -0.15) is 13.2 Å². The standard InChI is InChI=1S/C15H12F5N/c1-8-2-7-11(16)12(13(8)17)14(21)9-3-5-10(6-4-9)15(18,19)20/h2-7,14H,21H2,1H3. The fourth-order valence-electron chi connectivity index (χ4n) is 2.01. The Labute approximate surface area is 118 Å². The fraction of sp³-hybridized carbons (Fsp3) is 0.200. The van der Waals surface area contributed by atoms with Crippen molar-refractivity contribution < 1.29 is 22.0 Å². The van der Waals surface area contributed by atoms with Gasteiger partial charge < -0.3 is 5.73 Å². The summed E-state index contributed by atoms with van der Waals surface area (Å²) in [6, 6.07) is 5.09. The van der Waals surface area contributed by atoms with E-state index in [-0.39, 0.29) is 16.7 Å². The number of halogens is 5. The van der Waals surface area contributed by atoms with Crippen molar-refractivity contribution in [2.24, 2.45) is 5.73 Å². The molecule has 2 aromatic rings. The van der Waals surface area contributed by atoms with E-state index < -0.39 is 29.4 Å². The zero-order chi connectivity index (χ0) is 15.8. The molecule has 2 aromatic carbocycles. The monoisotopic (exact) mass is 301 g/mol. The van der Waals surface area contributed by atoms with Crippen molar-refractivity contribution >= 4 is 0 Å². The lowest BCUT2D eigenvalue weighted by molar-refractivity contribution is -0.137. The van der Waals surface area contributed by atoms with Gasteiger partial charge in [0.15, 0.2) is 0 Å². The summed E-state index contributed by atoms with van der Waals surface area (Å²) in [6.45, 7) is 1.46. The van der Waals surface area contributed by atoms with Gasteiger partial charge in [0.25, 0.3) is 0 Å². The lowest BCUT2D eigenvalue weighted by Gasteiger charge is -2.16. The van der Waals surface area contributed by atoms with Gasteiger partial charge in [-0.1, -0.05) is 18.2 Å². The third-order valence-electron chi connectivity index (χ3n) is 3.23. The number of rotatable bonds is 2. The van der Waals surface area contributed by atoms with Crippen LogP contribution in [-0.2, 0) is 6.18 Å². The van der Waals surface area contributed by atoms with Gasteiger partial charge in [0, 0.05) is 5.56 Å². The van der Waals surface area contributed by atoms with Crippen LogP contribution >= 0.6 is 0 Å². The van der Waals surface area contributed by atoms with Crippen LogP contribution in [0.1, 0.15) is 28.3 Å². The number of alkyl halides is 3. The minimum Gasteiger partial charge on any atom is -0.320 e. The average molecular weight is 301 g/mol. The predicted octanol–water partition coefficient (Wildman–Crippen LogP) is 4.34. The molecule has 1 atom stereocenters. The fourth-order valence-corrected chi connectivity index (χ4v) is 2.01. The lowest BCUT2D eigenvalue weighted by Crippen LogP contribution is -2.16. The minimum atomic E-state index is -4.47. The van der Waals surface area contributed by atoms with Crippen molar-refractivity contribution in [2.75, 3.05) is 0 Å². The normalized spacial score (nSPS) is 13.3. The van der Waals surface area contributed by atoms with Gasteiger partial charge in [0.2, 0.25) is 0 Å². The number of benzene rings is 2. The van der Waals surface area contributed by atoms with E-state index in [1.807, 2.05) is 0 Å². The Morgan fingerprint density at radius 2 is 1.52 bits per heavy atom. The van der Waals surface area contributed by atoms with E-state index in [0.29, 0.717) is 0 Å². The molecule has 1 unspecified atom stereocenters. The second-order valence-electron chi connectivity index (χ2n) is 4.69. The summed E-state index contributed by atoms with van der Waals surface area (Å²) in [4.78, 5) is 0. The molecule has 0 fully saturated rings. The SMILES string of the molecule is Cc1ccc(F)c(C(N)c2ccc(C(F)(F)F)cc2)c1F. The number of hydrogen-bond acceptors (Lipinski definition) is 1.